The molecule has 1 aliphatic carbocycles. The molecule has 0 bridgehead atoms. The van der Waals surface area contributed by atoms with Crippen LogP contribution in [-0.4, -0.2) is 34.1 Å². The van der Waals surface area contributed by atoms with Crippen LogP contribution in [0.4, 0.5) is 13.2 Å². The number of aromatic nitrogens is 3. The molecule has 1 aliphatic rings. The van der Waals surface area contributed by atoms with Gasteiger partial charge in [0.1, 0.15) is 5.75 Å². The molecule has 0 unspecified atom stereocenters. The number of fused-ring (bicyclic) bond motifs is 1. The van der Waals surface area contributed by atoms with E-state index in [2.05, 4.69) is 15.3 Å². The molecule has 2 heterocycles. The molecule has 2 aromatic heterocycles. The summed E-state index contributed by atoms with van der Waals surface area (Å²) < 4.78 is 48.8. The maximum atomic E-state index is 14.0. The Kier molecular flexibility index (Phi) is 6.62. The van der Waals surface area contributed by atoms with Crippen LogP contribution in [-0.2, 0) is 11.6 Å². The van der Waals surface area contributed by atoms with Gasteiger partial charge in [-0.2, -0.15) is 13.2 Å². The lowest BCUT2D eigenvalue weighted by atomic mass is 9.69. The number of ether oxygens (including phenoxy) is 1. The minimum atomic E-state index is -4.63. The fraction of sp³-hybridized carbons (Fsp3) is 0.321. The molecule has 2 aromatic carbocycles. The maximum absolute atomic E-state index is 14.0. The summed E-state index contributed by atoms with van der Waals surface area (Å²) in [5.41, 5.74) is 0.0788. The highest BCUT2D eigenvalue weighted by atomic mass is 19.4. The number of hydrogen-bond donors (Lipinski definition) is 1. The fourth-order valence-corrected chi connectivity index (χ4v) is 5.36. The van der Waals surface area contributed by atoms with E-state index in [1.165, 1.54) is 35.3 Å². The number of nitrogens with one attached hydrogen (secondary N) is 1. The summed E-state index contributed by atoms with van der Waals surface area (Å²) in [7, 11) is 1.61. The first-order chi connectivity index (χ1) is 17.8. The van der Waals surface area contributed by atoms with Crippen LogP contribution in [0, 0.1) is 0 Å². The largest absolute Gasteiger partial charge is 0.497 e. The first-order valence-corrected chi connectivity index (χ1v) is 12.2. The smallest absolute Gasteiger partial charge is 0.417 e. The molecule has 5 rings (SSSR count). The number of nitrogens with zero attached hydrogens (tertiary/aromatic N) is 3. The molecule has 0 saturated heterocycles. The van der Waals surface area contributed by atoms with E-state index in [0.29, 0.717) is 6.54 Å². The van der Waals surface area contributed by atoms with Crippen molar-refractivity contribution in [1.82, 2.24) is 19.9 Å². The van der Waals surface area contributed by atoms with Crippen molar-refractivity contribution in [2.24, 2.45) is 0 Å². The second-order valence-electron chi connectivity index (χ2n) is 9.41. The normalized spacial score (nSPS) is 15.5. The SMILES string of the molecule is COc1ccc(C2(CNC(=O)c3cn(-c4ncccn4)c4cccc(C(F)(F)F)c34)CCCCC2)cc1. The van der Waals surface area contributed by atoms with Crippen LogP contribution in [0.3, 0.4) is 0 Å². The monoisotopic (exact) mass is 508 g/mol. The van der Waals surface area contributed by atoms with E-state index >= 15 is 0 Å². The molecule has 0 radical (unpaired) electrons. The molecule has 0 spiro atoms. The van der Waals surface area contributed by atoms with Crippen LogP contribution in [0.2, 0.25) is 0 Å². The van der Waals surface area contributed by atoms with Crippen molar-refractivity contribution in [3.05, 3.63) is 83.8 Å². The second kappa shape index (κ2) is 9.88. The molecular weight excluding hydrogens is 481 g/mol. The van der Waals surface area contributed by atoms with Crippen LogP contribution < -0.4 is 10.1 Å². The van der Waals surface area contributed by atoms with Gasteiger partial charge in [0.05, 0.1) is 23.8 Å². The minimum Gasteiger partial charge on any atom is -0.497 e. The fourth-order valence-electron chi connectivity index (χ4n) is 5.36. The molecule has 0 aliphatic heterocycles. The number of hydrogen-bond acceptors (Lipinski definition) is 4. The zero-order chi connectivity index (χ0) is 26.0. The predicted molar refractivity (Wildman–Crippen MR) is 134 cm³/mol. The molecule has 1 fully saturated rings. The van der Waals surface area contributed by atoms with Gasteiger partial charge in [-0.3, -0.25) is 9.36 Å². The van der Waals surface area contributed by atoms with E-state index < -0.39 is 17.6 Å². The van der Waals surface area contributed by atoms with Gasteiger partial charge >= 0.3 is 6.18 Å². The summed E-state index contributed by atoms with van der Waals surface area (Å²) in [6.45, 7) is 0.320. The van der Waals surface area contributed by atoms with Gasteiger partial charge in [-0.1, -0.05) is 37.5 Å². The van der Waals surface area contributed by atoms with Crippen molar-refractivity contribution in [3.63, 3.8) is 0 Å². The number of benzene rings is 2. The minimum absolute atomic E-state index is 0.0592. The van der Waals surface area contributed by atoms with Crippen molar-refractivity contribution in [3.8, 4) is 11.7 Å². The Morgan fingerprint density at radius 2 is 1.73 bits per heavy atom. The summed E-state index contributed by atoms with van der Waals surface area (Å²) in [6, 6.07) is 13.3. The van der Waals surface area contributed by atoms with E-state index in [1.807, 2.05) is 24.3 Å². The van der Waals surface area contributed by atoms with Crippen molar-refractivity contribution in [2.75, 3.05) is 13.7 Å². The Labute approximate surface area is 212 Å². The Bertz CT molecular complexity index is 1390. The highest BCUT2D eigenvalue weighted by molar-refractivity contribution is 6.08. The topological polar surface area (TPSA) is 69.0 Å². The number of alkyl halides is 3. The summed E-state index contributed by atoms with van der Waals surface area (Å²) in [4.78, 5) is 21.9. The maximum Gasteiger partial charge on any atom is 0.417 e. The molecule has 192 valence electrons. The third-order valence-corrected chi connectivity index (χ3v) is 7.25. The molecule has 1 N–H and O–H groups in total. The number of carbonyl (C=O) groups is 1. The van der Waals surface area contributed by atoms with E-state index in [1.54, 1.807) is 13.2 Å². The van der Waals surface area contributed by atoms with Crippen molar-refractivity contribution in [2.45, 2.75) is 43.7 Å². The van der Waals surface area contributed by atoms with Gasteiger partial charge in [0.2, 0.25) is 5.95 Å². The Balaban J connectivity index is 1.53. The molecule has 0 atom stereocenters. The van der Waals surface area contributed by atoms with Gasteiger partial charge in [-0.05, 0) is 48.7 Å². The van der Waals surface area contributed by atoms with Crippen molar-refractivity contribution in [1.29, 1.82) is 0 Å². The molecule has 1 amide bonds. The molecule has 4 aromatic rings. The Hall–Kier alpha value is -3.88. The van der Waals surface area contributed by atoms with E-state index in [-0.39, 0.29) is 27.8 Å². The second-order valence-corrected chi connectivity index (χ2v) is 9.41. The number of amides is 1. The molecule has 6 nitrogen and oxygen atoms in total. The van der Waals surface area contributed by atoms with Gasteiger partial charge in [-0.25, -0.2) is 9.97 Å². The average Bonchev–Trinajstić information content (AvgIpc) is 3.32. The number of rotatable bonds is 6. The van der Waals surface area contributed by atoms with E-state index in [9.17, 15) is 18.0 Å². The number of carbonyl (C=O) groups excluding carboxylic acids is 1. The third-order valence-electron chi connectivity index (χ3n) is 7.25. The lowest BCUT2D eigenvalue weighted by Crippen LogP contribution is -2.42. The highest BCUT2D eigenvalue weighted by Gasteiger charge is 2.37. The number of halogens is 3. The summed E-state index contributed by atoms with van der Waals surface area (Å²) in [5, 5.41) is 2.82. The van der Waals surface area contributed by atoms with Crippen LogP contribution >= 0.6 is 0 Å². The molecular formula is C28H27F3N4O2. The van der Waals surface area contributed by atoms with Crippen LogP contribution in [0.15, 0.2) is 67.1 Å². The summed E-state index contributed by atoms with van der Waals surface area (Å²) >= 11 is 0. The van der Waals surface area contributed by atoms with Crippen LogP contribution in [0.25, 0.3) is 16.9 Å². The van der Waals surface area contributed by atoms with Gasteiger partial charge in [0, 0.05) is 35.9 Å². The van der Waals surface area contributed by atoms with Crippen LogP contribution in [0.1, 0.15) is 53.6 Å². The predicted octanol–water partition coefficient (Wildman–Crippen LogP) is 6.08. The van der Waals surface area contributed by atoms with Crippen molar-refractivity contribution < 1.29 is 22.7 Å². The van der Waals surface area contributed by atoms with E-state index in [0.717, 1.165) is 49.5 Å². The van der Waals surface area contributed by atoms with Gasteiger partial charge < -0.3 is 10.1 Å². The Morgan fingerprint density at radius 3 is 2.38 bits per heavy atom. The first kappa shape index (κ1) is 24.8. The van der Waals surface area contributed by atoms with Crippen molar-refractivity contribution >= 4 is 16.8 Å². The standard InChI is InChI=1S/C28H27F3N4O2/c1-37-20-11-9-19(10-12-20)27(13-3-2-4-14-27)18-34-25(36)21-17-35(26-32-15-6-16-33-26)23-8-5-7-22(24(21)23)28(29,30)31/h5-12,15-17H,2-4,13-14,18H2,1H3,(H,34,36). The zero-order valence-corrected chi connectivity index (χ0v) is 20.4. The van der Waals surface area contributed by atoms with Gasteiger partial charge in [0.25, 0.3) is 5.91 Å². The quantitative estimate of drug-likeness (QED) is 0.343. The molecule has 1 saturated carbocycles. The lowest BCUT2D eigenvalue weighted by Gasteiger charge is -2.38. The summed E-state index contributed by atoms with van der Waals surface area (Å²) in [6.07, 6.45) is 4.69. The first-order valence-electron chi connectivity index (χ1n) is 12.2. The third kappa shape index (κ3) is 4.77. The molecule has 9 heteroatoms. The Morgan fingerprint density at radius 1 is 1.03 bits per heavy atom. The molecule has 37 heavy (non-hydrogen) atoms. The van der Waals surface area contributed by atoms with Gasteiger partial charge in [0.15, 0.2) is 0 Å². The zero-order valence-electron chi connectivity index (χ0n) is 20.4. The number of methoxy groups -OCH3 is 1. The van der Waals surface area contributed by atoms with Crippen LogP contribution in [0.5, 0.6) is 5.75 Å². The van der Waals surface area contributed by atoms with Gasteiger partial charge in [-0.15, -0.1) is 0 Å². The lowest BCUT2D eigenvalue weighted by molar-refractivity contribution is -0.136. The summed E-state index contributed by atoms with van der Waals surface area (Å²) in [5.74, 6) is 0.372. The average molecular weight is 509 g/mol. The highest BCUT2D eigenvalue weighted by Crippen LogP contribution is 2.41. The van der Waals surface area contributed by atoms with E-state index in [4.69, 9.17) is 4.74 Å².